The first-order valence-corrected chi connectivity index (χ1v) is 5.45. The van der Waals surface area contributed by atoms with E-state index in [1.165, 1.54) is 0 Å². The minimum Gasteiger partial charge on any atom is -0.495 e. The van der Waals surface area contributed by atoms with E-state index in [0.29, 0.717) is 16.5 Å². The summed E-state index contributed by atoms with van der Waals surface area (Å²) in [6.45, 7) is 4.03. The third kappa shape index (κ3) is 2.89. The maximum Gasteiger partial charge on any atom is 0.146 e. The van der Waals surface area contributed by atoms with Crippen molar-refractivity contribution in [2.45, 2.75) is 20.3 Å². The number of rotatable bonds is 4. The third-order valence-corrected chi connectivity index (χ3v) is 2.57. The molecule has 0 aromatic heterocycles. The van der Waals surface area contributed by atoms with Gasteiger partial charge in [-0.15, -0.1) is 0 Å². The van der Waals surface area contributed by atoms with Crippen LogP contribution in [-0.2, 0) is 0 Å². The maximum atomic E-state index is 6.00. The zero-order valence-electron chi connectivity index (χ0n) is 10.0. The lowest BCUT2D eigenvalue weighted by Gasteiger charge is -2.09. The molecule has 0 saturated carbocycles. The first-order valence-electron chi connectivity index (χ1n) is 5.08. The average molecular weight is 242 g/mol. The van der Waals surface area contributed by atoms with Crippen molar-refractivity contribution < 1.29 is 9.47 Å². The molecule has 16 heavy (non-hydrogen) atoms. The Morgan fingerprint density at radius 1 is 1.25 bits per heavy atom. The van der Waals surface area contributed by atoms with Crippen molar-refractivity contribution in [2.24, 2.45) is 4.99 Å². The normalized spacial score (nSPS) is 11.4. The van der Waals surface area contributed by atoms with Crippen LogP contribution in [0.1, 0.15) is 20.3 Å². The van der Waals surface area contributed by atoms with Crippen molar-refractivity contribution in [3.8, 4) is 11.5 Å². The lowest BCUT2D eigenvalue weighted by Crippen LogP contribution is -1.91. The fourth-order valence-corrected chi connectivity index (χ4v) is 1.45. The number of ether oxygens (including phenoxy) is 2. The lowest BCUT2D eigenvalue weighted by atomic mass is 10.2. The van der Waals surface area contributed by atoms with Crippen molar-refractivity contribution >= 4 is 23.0 Å². The minimum absolute atomic E-state index is 0.521. The van der Waals surface area contributed by atoms with E-state index in [1.807, 2.05) is 6.92 Å². The molecule has 0 N–H and O–H groups in total. The van der Waals surface area contributed by atoms with E-state index in [4.69, 9.17) is 21.1 Å². The van der Waals surface area contributed by atoms with Crippen molar-refractivity contribution in [1.82, 2.24) is 0 Å². The van der Waals surface area contributed by atoms with Gasteiger partial charge >= 0.3 is 0 Å². The third-order valence-electron chi connectivity index (χ3n) is 2.28. The Kier molecular flexibility index (Phi) is 4.62. The van der Waals surface area contributed by atoms with Gasteiger partial charge in [-0.3, -0.25) is 4.99 Å². The van der Waals surface area contributed by atoms with Crippen LogP contribution in [0.15, 0.2) is 17.1 Å². The Morgan fingerprint density at radius 3 is 2.38 bits per heavy atom. The number of hydrogen-bond donors (Lipinski definition) is 0. The van der Waals surface area contributed by atoms with Crippen LogP contribution in [0.3, 0.4) is 0 Å². The summed E-state index contributed by atoms with van der Waals surface area (Å²) in [6.07, 6.45) is 0.897. The highest BCUT2D eigenvalue weighted by molar-refractivity contribution is 6.32. The van der Waals surface area contributed by atoms with Gasteiger partial charge in [0.05, 0.1) is 19.2 Å². The minimum atomic E-state index is 0.521. The van der Waals surface area contributed by atoms with Gasteiger partial charge in [0.15, 0.2) is 0 Å². The van der Waals surface area contributed by atoms with Gasteiger partial charge in [0.2, 0.25) is 0 Å². The molecule has 0 saturated heterocycles. The van der Waals surface area contributed by atoms with E-state index in [9.17, 15) is 0 Å². The first kappa shape index (κ1) is 12.8. The molecule has 1 aromatic carbocycles. The highest BCUT2D eigenvalue weighted by Crippen LogP contribution is 2.37. The molecule has 0 aliphatic rings. The van der Waals surface area contributed by atoms with Gasteiger partial charge in [-0.2, -0.15) is 0 Å². The number of benzene rings is 1. The second-order valence-corrected chi connectivity index (χ2v) is 3.77. The number of aliphatic imine (C=N–C) groups is 1. The molecular weight excluding hydrogens is 226 g/mol. The van der Waals surface area contributed by atoms with Crippen molar-refractivity contribution in [3.63, 3.8) is 0 Å². The molecule has 4 heteroatoms. The SMILES string of the molecule is CCC(C)=Nc1cc(OC)c(Cl)cc1OC. The fraction of sp³-hybridized carbons (Fsp3) is 0.417. The fourth-order valence-electron chi connectivity index (χ4n) is 1.22. The molecule has 3 nitrogen and oxygen atoms in total. The summed E-state index contributed by atoms with van der Waals surface area (Å²) in [4.78, 5) is 4.45. The van der Waals surface area contributed by atoms with Crippen LogP contribution < -0.4 is 9.47 Å². The molecule has 0 spiro atoms. The van der Waals surface area contributed by atoms with Crippen LogP contribution in [0.5, 0.6) is 11.5 Å². The van der Waals surface area contributed by atoms with Gasteiger partial charge in [-0.05, 0) is 13.3 Å². The summed E-state index contributed by atoms with van der Waals surface area (Å²) in [7, 11) is 3.17. The molecule has 88 valence electrons. The van der Waals surface area contributed by atoms with Gasteiger partial charge < -0.3 is 9.47 Å². The highest BCUT2D eigenvalue weighted by Gasteiger charge is 2.09. The van der Waals surface area contributed by atoms with E-state index >= 15 is 0 Å². The Morgan fingerprint density at radius 2 is 1.88 bits per heavy atom. The van der Waals surface area contributed by atoms with Gasteiger partial charge in [0.25, 0.3) is 0 Å². The van der Waals surface area contributed by atoms with Crippen LogP contribution >= 0.6 is 11.6 Å². The van der Waals surface area contributed by atoms with E-state index in [0.717, 1.165) is 17.8 Å². The van der Waals surface area contributed by atoms with Crippen molar-refractivity contribution in [1.29, 1.82) is 0 Å². The summed E-state index contributed by atoms with van der Waals surface area (Å²) in [5.41, 5.74) is 1.77. The number of hydrogen-bond acceptors (Lipinski definition) is 3. The molecular formula is C12H16ClNO2. The van der Waals surface area contributed by atoms with Crippen LogP contribution in [0, 0.1) is 0 Å². The molecule has 0 bridgehead atoms. The molecule has 1 rings (SSSR count). The molecule has 0 heterocycles. The molecule has 0 aliphatic carbocycles. The summed E-state index contributed by atoms with van der Waals surface area (Å²) < 4.78 is 10.4. The Bertz CT molecular complexity index is 402. The smallest absolute Gasteiger partial charge is 0.146 e. The Hall–Kier alpha value is -1.22. The predicted octanol–water partition coefficient (Wildman–Crippen LogP) is 3.86. The second-order valence-electron chi connectivity index (χ2n) is 3.36. The summed E-state index contributed by atoms with van der Waals surface area (Å²) in [5, 5.41) is 0.521. The lowest BCUT2D eigenvalue weighted by molar-refractivity contribution is 0.404. The molecule has 1 aromatic rings. The second kappa shape index (κ2) is 5.75. The number of methoxy groups -OCH3 is 2. The maximum absolute atomic E-state index is 6.00. The van der Waals surface area contributed by atoms with Gasteiger partial charge in [-0.1, -0.05) is 18.5 Å². The standard InChI is InChI=1S/C12H16ClNO2/c1-5-8(2)14-10-7-11(15-3)9(13)6-12(10)16-4/h6-7H,5H2,1-4H3. The summed E-state index contributed by atoms with van der Waals surface area (Å²) in [5.74, 6) is 1.25. The molecule has 0 fully saturated rings. The largest absolute Gasteiger partial charge is 0.495 e. The zero-order valence-corrected chi connectivity index (χ0v) is 10.8. The van der Waals surface area contributed by atoms with E-state index in [2.05, 4.69) is 11.9 Å². The molecule has 0 radical (unpaired) electrons. The van der Waals surface area contributed by atoms with Crippen molar-refractivity contribution in [2.75, 3.05) is 14.2 Å². The molecule has 0 amide bonds. The van der Waals surface area contributed by atoms with Crippen LogP contribution in [0.2, 0.25) is 5.02 Å². The van der Waals surface area contributed by atoms with E-state index in [-0.39, 0.29) is 0 Å². The molecule has 0 aliphatic heterocycles. The predicted molar refractivity (Wildman–Crippen MR) is 67.6 cm³/mol. The summed E-state index contributed by atoms with van der Waals surface area (Å²) in [6, 6.07) is 3.49. The molecule has 0 unspecified atom stereocenters. The Balaban J connectivity index is 3.25. The average Bonchev–Trinajstić information content (AvgIpc) is 2.30. The highest BCUT2D eigenvalue weighted by atomic mass is 35.5. The summed E-state index contributed by atoms with van der Waals surface area (Å²) >= 11 is 6.00. The topological polar surface area (TPSA) is 30.8 Å². The van der Waals surface area contributed by atoms with Gasteiger partial charge in [-0.25, -0.2) is 0 Å². The number of nitrogens with zero attached hydrogens (tertiary/aromatic N) is 1. The van der Waals surface area contributed by atoms with E-state index in [1.54, 1.807) is 26.4 Å². The Labute approximate surface area is 101 Å². The first-order chi connectivity index (χ1) is 7.62. The number of halogens is 1. The van der Waals surface area contributed by atoms with Gasteiger partial charge in [0.1, 0.15) is 17.2 Å². The quantitative estimate of drug-likeness (QED) is 0.750. The van der Waals surface area contributed by atoms with Gasteiger partial charge in [0, 0.05) is 17.8 Å². The van der Waals surface area contributed by atoms with E-state index < -0.39 is 0 Å². The zero-order chi connectivity index (χ0) is 12.1. The van der Waals surface area contributed by atoms with Crippen LogP contribution in [0.25, 0.3) is 0 Å². The van der Waals surface area contributed by atoms with Crippen molar-refractivity contribution in [3.05, 3.63) is 17.2 Å². The monoisotopic (exact) mass is 241 g/mol. The molecule has 0 atom stereocenters. The van der Waals surface area contributed by atoms with Crippen LogP contribution in [-0.4, -0.2) is 19.9 Å². The van der Waals surface area contributed by atoms with Crippen LogP contribution in [0.4, 0.5) is 5.69 Å².